The van der Waals surface area contributed by atoms with E-state index in [-0.39, 0.29) is 0 Å². The topological polar surface area (TPSA) is 50.7 Å². The van der Waals surface area contributed by atoms with Gasteiger partial charge in [-0.25, -0.2) is 9.97 Å². The van der Waals surface area contributed by atoms with Crippen molar-refractivity contribution in [2.45, 2.75) is 31.7 Å². The van der Waals surface area contributed by atoms with E-state index < -0.39 is 0 Å². The Hall–Kier alpha value is -2.34. The third-order valence-electron chi connectivity index (χ3n) is 5.64. The van der Waals surface area contributed by atoms with Crippen LogP contribution in [0.1, 0.15) is 36.3 Å². The molecule has 1 aromatic carbocycles. The third kappa shape index (κ3) is 4.00. The van der Waals surface area contributed by atoms with Crippen LogP contribution in [0.3, 0.4) is 0 Å². The second-order valence-electron chi connectivity index (χ2n) is 7.41. The third-order valence-corrected chi connectivity index (χ3v) is 5.64. The second-order valence-corrected chi connectivity index (χ2v) is 7.41. The van der Waals surface area contributed by atoms with Crippen molar-refractivity contribution in [1.82, 2.24) is 14.9 Å². The molecule has 1 atom stereocenters. The van der Waals surface area contributed by atoms with E-state index in [4.69, 9.17) is 9.47 Å². The van der Waals surface area contributed by atoms with Gasteiger partial charge in [-0.05, 0) is 44.0 Å². The van der Waals surface area contributed by atoms with E-state index >= 15 is 0 Å². The molecule has 2 aliphatic rings. The smallest absolute Gasteiger partial charge is 0.225 e. The lowest BCUT2D eigenvalue weighted by Gasteiger charge is -2.19. The van der Waals surface area contributed by atoms with E-state index in [0.29, 0.717) is 5.92 Å². The van der Waals surface area contributed by atoms with Crippen LogP contribution in [0.15, 0.2) is 30.6 Å². The van der Waals surface area contributed by atoms with Gasteiger partial charge in [-0.15, -0.1) is 0 Å². The molecule has 0 spiro atoms. The summed E-state index contributed by atoms with van der Waals surface area (Å²) in [5.41, 5.74) is 2.41. The molecule has 4 rings (SSSR count). The van der Waals surface area contributed by atoms with Gasteiger partial charge in [0.25, 0.3) is 0 Å². The Balaban J connectivity index is 1.40. The highest BCUT2D eigenvalue weighted by Crippen LogP contribution is 2.36. The number of methoxy groups -OCH3 is 2. The number of benzene rings is 1. The fraction of sp³-hybridized carbons (Fsp3) is 0.524. The molecule has 3 heterocycles. The molecule has 144 valence electrons. The lowest BCUT2D eigenvalue weighted by atomic mass is 9.97. The van der Waals surface area contributed by atoms with Gasteiger partial charge in [-0.3, -0.25) is 4.90 Å². The summed E-state index contributed by atoms with van der Waals surface area (Å²) < 4.78 is 11.0. The molecule has 0 aliphatic carbocycles. The number of nitrogens with zero attached hydrogens (tertiary/aromatic N) is 4. The number of hydrogen-bond acceptors (Lipinski definition) is 6. The summed E-state index contributed by atoms with van der Waals surface area (Å²) in [5.74, 6) is 3.16. The number of ether oxygens (including phenoxy) is 2. The van der Waals surface area contributed by atoms with Gasteiger partial charge >= 0.3 is 0 Å². The Bertz CT molecular complexity index is 759. The Morgan fingerprint density at radius 2 is 1.81 bits per heavy atom. The van der Waals surface area contributed by atoms with Crippen molar-refractivity contribution in [3.63, 3.8) is 0 Å². The Kier molecular flexibility index (Phi) is 5.43. The summed E-state index contributed by atoms with van der Waals surface area (Å²) >= 11 is 0. The van der Waals surface area contributed by atoms with Crippen LogP contribution in [0, 0.1) is 0 Å². The van der Waals surface area contributed by atoms with Crippen LogP contribution in [-0.4, -0.2) is 55.3 Å². The normalized spacial score (nSPS) is 20.2. The molecular weight excluding hydrogens is 340 g/mol. The minimum absolute atomic E-state index is 0.458. The van der Waals surface area contributed by atoms with Crippen LogP contribution in [0.4, 0.5) is 5.95 Å². The number of likely N-dealkylation sites (tertiary alicyclic amines) is 1. The highest BCUT2D eigenvalue weighted by Gasteiger charge is 2.27. The predicted octanol–water partition coefficient (Wildman–Crippen LogP) is 3.08. The maximum absolute atomic E-state index is 5.57. The summed E-state index contributed by atoms with van der Waals surface area (Å²) in [6.45, 7) is 5.13. The van der Waals surface area contributed by atoms with Crippen molar-refractivity contribution in [2.75, 3.05) is 45.3 Å². The monoisotopic (exact) mass is 368 g/mol. The van der Waals surface area contributed by atoms with Crippen molar-refractivity contribution in [3.8, 4) is 11.5 Å². The lowest BCUT2D eigenvalue weighted by molar-refractivity contribution is 0.324. The number of anilines is 1. The molecule has 0 amide bonds. The molecular formula is C21H28N4O2. The predicted molar refractivity (Wildman–Crippen MR) is 106 cm³/mol. The summed E-state index contributed by atoms with van der Waals surface area (Å²) in [5, 5.41) is 0. The molecule has 0 bridgehead atoms. The van der Waals surface area contributed by atoms with Gasteiger partial charge in [0.2, 0.25) is 5.95 Å². The minimum Gasteiger partial charge on any atom is -0.497 e. The van der Waals surface area contributed by atoms with E-state index in [9.17, 15) is 0 Å². The van der Waals surface area contributed by atoms with E-state index in [1.54, 1.807) is 14.2 Å². The van der Waals surface area contributed by atoms with Crippen LogP contribution in [0.2, 0.25) is 0 Å². The van der Waals surface area contributed by atoms with Gasteiger partial charge in [-0.1, -0.05) is 0 Å². The second kappa shape index (κ2) is 8.13. The fourth-order valence-corrected chi connectivity index (χ4v) is 4.16. The Morgan fingerprint density at radius 3 is 2.52 bits per heavy atom. The number of aromatic nitrogens is 2. The number of hydrogen-bond donors (Lipinski definition) is 0. The SMILES string of the molecule is COc1ccc(OC)c([C@@H]2CCN(Cc3cnc(N4CCCC4)nc3)C2)c1. The number of rotatable bonds is 6. The molecule has 2 aromatic rings. The average molecular weight is 368 g/mol. The highest BCUT2D eigenvalue weighted by atomic mass is 16.5. The molecule has 6 nitrogen and oxygen atoms in total. The molecule has 0 saturated carbocycles. The van der Waals surface area contributed by atoms with Gasteiger partial charge in [0.05, 0.1) is 14.2 Å². The largest absolute Gasteiger partial charge is 0.497 e. The maximum atomic E-state index is 5.57. The summed E-state index contributed by atoms with van der Waals surface area (Å²) in [4.78, 5) is 13.9. The molecule has 27 heavy (non-hydrogen) atoms. The first-order chi connectivity index (χ1) is 13.3. The van der Waals surface area contributed by atoms with E-state index in [1.165, 1.54) is 24.0 Å². The summed E-state index contributed by atoms with van der Waals surface area (Å²) in [6.07, 6.45) is 7.58. The highest BCUT2D eigenvalue weighted by molar-refractivity contribution is 5.43. The zero-order chi connectivity index (χ0) is 18.6. The first-order valence-corrected chi connectivity index (χ1v) is 9.77. The van der Waals surface area contributed by atoms with Crippen molar-refractivity contribution in [3.05, 3.63) is 41.7 Å². The zero-order valence-electron chi connectivity index (χ0n) is 16.2. The molecule has 1 aromatic heterocycles. The van der Waals surface area contributed by atoms with Gasteiger partial charge in [0, 0.05) is 55.6 Å². The van der Waals surface area contributed by atoms with E-state index in [0.717, 1.165) is 56.6 Å². The molecule has 0 radical (unpaired) electrons. The van der Waals surface area contributed by atoms with Crippen molar-refractivity contribution < 1.29 is 9.47 Å². The molecule has 2 aliphatic heterocycles. The molecule has 0 N–H and O–H groups in total. The fourth-order valence-electron chi connectivity index (χ4n) is 4.16. The average Bonchev–Trinajstić information content (AvgIpc) is 3.40. The summed E-state index contributed by atoms with van der Waals surface area (Å²) in [7, 11) is 3.44. The molecule has 2 fully saturated rings. The van der Waals surface area contributed by atoms with Gasteiger partial charge < -0.3 is 14.4 Å². The van der Waals surface area contributed by atoms with Crippen molar-refractivity contribution in [2.24, 2.45) is 0 Å². The standard InChI is InChI=1S/C21H28N4O2/c1-26-18-5-6-20(27-2)19(11-18)17-7-10-24(15-17)14-16-12-22-21(23-13-16)25-8-3-4-9-25/h5-6,11-13,17H,3-4,7-10,14-15H2,1-2H3/t17-/m1/s1. The zero-order valence-corrected chi connectivity index (χ0v) is 16.2. The first-order valence-electron chi connectivity index (χ1n) is 9.77. The molecule has 2 saturated heterocycles. The minimum atomic E-state index is 0.458. The van der Waals surface area contributed by atoms with Crippen molar-refractivity contribution >= 4 is 5.95 Å². The van der Waals surface area contributed by atoms with Crippen LogP contribution in [0.5, 0.6) is 11.5 Å². The molecule has 6 heteroatoms. The van der Waals surface area contributed by atoms with Crippen molar-refractivity contribution in [1.29, 1.82) is 0 Å². The Morgan fingerprint density at radius 1 is 1.04 bits per heavy atom. The van der Waals surface area contributed by atoms with Gasteiger partial charge in [0.1, 0.15) is 11.5 Å². The van der Waals surface area contributed by atoms with Gasteiger partial charge in [0.15, 0.2) is 0 Å². The van der Waals surface area contributed by atoms with E-state index in [2.05, 4.69) is 25.8 Å². The quantitative estimate of drug-likeness (QED) is 0.781. The lowest BCUT2D eigenvalue weighted by Crippen LogP contribution is -2.22. The van der Waals surface area contributed by atoms with Crippen LogP contribution >= 0.6 is 0 Å². The maximum Gasteiger partial charge on any atom is 0.225 e. The van der Waals surface area contributed by atoms with Crippen LogP contribution in [-0.2, 0) is 6.54 Å². The Labute approximate surface area is 161 Å². The van der Waals surface area contributed by atoms with Crippen LogP contribution < -0.4 is 14.4 Å². The first kappa shape index (κ1) is 18.0. The van der Waals surface area contributed by atoms with Gasteiger partial charge in [-0.2, -0.15) is 0 Å². The van der Waals surface area contributed by atoms with Crippen LogP contribution in [0.25, 0.3) is 0 Å². The molecule has 0 unspecified atom stereocenters. The summed E-state index contributed by atoms with van der Waals surface area (Å²) in [6, 6.07) is 6.07. The van der Waals surface area contributed by atoms with E-state index in [1.807, 2.05) is 24.5 Å².